The van der Waals surface area contributed by atoms with Gasteiger partial charge in [0.15, 0.2) is 0 Å². The molecule has 0 aromatic heterocycles. The second-order valence-corrected chi connectivity index (χ2v) is 9.66. The molecule has 1 radical (unpaired) electrons. The average molecular weight is 380 g/mol. The minimum absolute atomic E-state index is 0.569. The molecule has 1 aliphatic rings. The summed E-state index contributed by atoms with van der Waals surface area (Å²) in [4.78, 5) is 1.34. The van der Waals surface area contributed by atoms with E-state index in [1.54, 1.807) is 0 Å². The van der Waals surface area contributed by atoms with Crippen molar-refractivity contribution in [1.29, 1.82) is 0 Å². The van der Waals surface area contributed by atoms with Gasteiger partial charge in [0.1, 0.15) is 0 Å². The molecule has 2 heteroatoms. The van der Waals surface area contributed by atoms with Gasteiger partial charge in [-0.3, -0.25) is 0 Å². The van der Waals surface area contributed by atoms with E-state index in [0.717, 1.165) is 5.92 Å². The minimum atomic E-state index is -0.569. The topological polar surface area (TPSA) is 9.23 Å². The van der Waals surface area contributed by atoms with Crippen molar-refractivity contribution >= 4 is 28.5 Å². The zero-order valence-corrected chi connectivity index (χ0v) is 17.7. The number of rotatable bonds is 7. The summed E-state index contributed by atoms with van der Waals surface area (Å²) in [5.74, 6) is 2.86. The molecule has 0 saturated heterocycles. The predicted octanol–water partition coefficient (Wildman–Crippen LogP) is 6.74. The van der Waals surface area contributed by atoms with Gasteiger partial charge in [-0.15, -0.1) is 0 Å². The molecule has 2 unspecified atom stereocenters. The van der Waals surface area contributed by atoms with E-state index in [0.29, 0.717) is 5.92 Å². The van der Waals surface area contributed by atoms with E-state index in [4.69, 9.17) is 3.53 Å². The molecule has 0 bridgehead atoms. The van der Waals surface area contributed by atoms with Crippen LogP contribution in [0.2, 0.25) is 4.98 Å². The van der Waals surface area contributed by atoms with Gasteiger partial charge in [-0.25, -0.2) is 0 Å². The van der Waals surface area contributed by atoms with E-state index in [1.807, 2.05) is 0 Å². The molecule has 0 saturated carbocycles. The molecule has 0 N–H and O–H groups in total. The van der Waals surface area contributed by atoms with Gasteiger partial charge in [-0.2, -0.15) is 0 Å². The third-order valence-electron chi connectivity index (χ3n) is 5.65. The first-order valence-electron chi connectivity index (χ1n) is 9.83. The molecule has 1 nitrogen and oxygen atoms in total. The molecule has 1 heterocycles. The first-order chi connectivity index (χ1) is 11.8. The van der Waals surface area contributed by atoms with E-state index in [2.05, 4.69) is 50.2 Å². The van der Waals surface area contributed by atoms with Crippen molar-refractivity contribution < 1.29 is 3.53 Å². The van der Waals surface area contributed by atoms with Crippen molar-refractivity contribution in [1.82, 2.24) is 0 Å². The van der Waals surface area contributed by atoms with Crippen molar-refractivity contribution in [2.75, 3.05) is 0 Å². The monoisotopic (exact) mass is 379 g/mol. The van der Waals surface area contributed by atoms with Gasteiger partial charge in [0.2, 0.25) is 0 Å². The maximum absolute atomic E-state index is 6.35. The molecule has 2 aromatic carbocycles. The second-order valence-electron chi connectivity index (χ2n) is 7.26. The van der Waals surface area contributed by atoms with E-state index < -0.39 is 17.8 Å². The fourth-order valence-electron chi connectivity index (χ4n) is 4.06. The van der Waals surface area contributed by atoms with E-state index in [-0.39, 0.29) is 0 Å². The Morgan fingerprint density at radius 1 is 1.12 bits per heavy atom. The molecular weight excluding hydrogens is 350 g/mol. The van der Waals surface area contributed by atoms with Crippen molar-refractivity contribution in [2.45, 2.75) is 69.7 Å². The number of hydrogen-bond donors (Lipinski definition) is 0. The summed E-state index contributed by atoms with van der Waals surface area (Å²) >= 11 is -0.569. The zero-order chi connectivity index (χ0) is 16.8. The zero-order valence-electron chi connectivity index (χ0n) is 15.3. The molecule has 2 atom stereocenters. The Hall–Kier alpha value is -0.864. The summed E-state index contributed by atoms with van der Waals surface area (Å²) in [7, 11) is 0. The quantitative estimate of drug-likeness (QED) is 0.484. The van der Waals surface area contributed by atoms with Gasteiger partial charge in [0.25, 0.3) is 0 Å². The van der Waals surface area contributed by atoms with Crippen LogP contribution in [-0.4, -0.2) is 17.8 Å². The van der Waals surface area contributed by atoms with Crippen molar-refractivity contribution in [3.05, 3.63) is 42.0 Å². The maximum atomic E-state index is 6.35. The fourth-order valence-corrected chi connectivity index (χ4v) is 6.34. The number of hydrogen-bond acceptors (Lipinski definition) is 1. The van der Waals surface area contributed by atoms with Gasteiger partial charge in [-0.05, 0) is 0 Å². The predicted molar refractivity (Wildman–Crippen MR) is 105 cm³/mol. The van der Waals surface area contributed by atoms with E-state index in [9.17, 15) is 0 Å². The Labute approximate surface area is 155 Å². The van der Waals surface area contributed by atoms with E-state index in [1.165, 1.54) is 72.0 Å². The first kappa shape index (κ1) is 17.9. The van der Waals surface area contributed by atoms with Crippen molar-refractivity contribution in [2.24, 2.45) is 5.92 Å². The first-order valence-corrected chi connectivity index (χ1v) is 12.5. The van der Waals surface area contributed by atoms with Gasteiger partial charge in [0.05, 0.1) is 0 Å². The van der Waals surface area contributed by atoms with Crippen LogP contribution in [0.5, 0.6) is 5.75 Å². The standard InChI is InChI=1S/C22H31O.Ga/c1-4-7-10-17(5-2)13-14-18(6-3)21-16-15-19-11-8-9-12-20(19)22(21)23;/h8-9,11-12,15-18,23H,3-7,10,13-14H2,1-2H3;/q;+1/p-1. The molecule has 0 amide bonds. The summed E-state index contributed by atoms with van der Waals surface area (Å²) in [5.41, 5.74) is 1.49. The summed E-state index contributed by atoms with van der Waals surface area (Å²) in [6.07, 6.45) is 9.54. The second kappa shape index (κ2) is 9.01. The Bertz CT molecular complexity index is 651. The third kappa shape index (κ3) is 4.21. The molecule has 1 aliphatic heterocycles. The van der Waals surface area contributed by atoms with Crippen LogP contribution in [0, 0.1) is 5.92 Å². The molecule has 0 spiro atoms. The third-order valence-corrected chi connectivity index (χ3v) is 7.69. The van der Waals surface area contributed by atoms with Gasteiger partial charge in [0, 0.05) is 0 Å². The van der Waals surface area contributed by atoms with Gasteiger partial charge >= 0.3 is 155 Å². The Morgan fingerprint density at radius 2 is 2.00 bits per heavy atom. The van der Waals surface area contributed by atoms with Crippen LogP contribution >= 0.6 is 0 Å². The van der Waals surface area contributed by atoms with Gasteiger partial charge < -0.3 is 0 Å². The normalized spacial score (nSPS) is 18.3. The Morgan fingerprint density at radius 3 is 2.83 bits per heavy atom. The number of unbranched alkanes of at least 4 members (excludes halogenated alkanes) is 1. The molecule has 3 rings (SSSR count). The molecule has 127 valence electrons. The molecule has 0 aliphatic carbocycles. The number of benzene rings is 2. The summed E-state index contributed by atoms with van der Waals surface area (Å²) in [6.45, 7) is 4.67. The van der Waals surface area contributed by atoms with E-state index >= 15 is 0 Å². The Kier molecular flexibility index (Phi) is 6.73. The van der Waals surface area contributed by atoms with Crippen molar-refractivity contribution in [3.63, 3.8) is 0 Å². The summed E-state index contributed by atoms with van der Waals surface area (Å²) in [5, 5.41) is 2.65. The molecule has 2 aromatic rings. The molecular formula is C22H30GaO. The van der Waals surface area contributed by atoms with Crippen LogP contribution in [-0.2, 0) is 0 Å². The molecule has 24 heavy (non-hydrogen) atoms. The van der Waals surface area contributed by atoms with Crippen LogP contribution < -0.4 is 3.53 Å². The van der Waals surface area contributed by atoms with Crippen LogP contribution in [0.4, 0.5) is 0 Å². The van der Waals surface area contributed by atoms with Gasteiger partial charge in [-0.1, -0.05) is 0 Å². The Balaban J connectivity index is 1.79. The average Bonchev–Trinajstić information content (AvgIpc) is 2.84. The SMILES string of the molecule is CCCCC(CC)CCC1C[CH2][Ga][O]c2c1ccc1ccccc21. The van der Waals surface area contributed by atoms with Crippen LogP contribution in [0.3, 0.4) is 0 Å². The van der Waals surface area contributed by atoms with Crippen LogP contribution in [0.25, 0.3) is 10.8 Å². The van der Waals surface area contributed by atoms with Crippen LogP contribution in [0.15, 0.2) is 36.4 Å². The molecule has 0 fully saturated rings. The number of fused-ring (bicyclic) bond motifs is 3. The fraction of sp³-hybridized carbons (Fsp3) is 0.545. The van der Waals surface area contributed by atoms with Crippen molar-refractivity contribution in [3.8, 4) is 5.75 Å². The summed E-state index contributed by atoms with van der Waals surface area (Å²) < 4.78 is 6.35. The van der Waals surface area contributed by atoms with Crippen LogP contribution in [0.1, 0.15) is 70.3 Å². The summed E-state index contributed by atoms with van der Waals surface area (Å²) in [6, 6.07) is 13.4.